The molecule has 3 nitrogen and oxygen atoms in total. The van der Waals surface area contributed by atoms with Crippen LogP contribution in [0.3, 0.4) is 0 Å². The van der Waals surface area contributed by atoms with E-state index in [0.717, 1.165) is 16.9 Å². The third-order valence-corrected chi connectivity index (χ3v) is 3.03. The lowest BCUT2D eigenvalue weighted by atomic mass is 10.0. The van der Waals surface area contributed by atoms with Gasteiger partial charge in [0.1, 0.15) is 11.9 Å². The highest BCUT2D eigenvalue weighted by Gasteiger charge is 2.14. The minimum absolute atomic E-state index is 0.553. The normalized spacial score (nSPS) is 12.2. The summed E-state index contributed by atoms with van der Waals surface area (Å²) < 4.78 is 5.14. The van der Waals surface area contributed by atoms with Crippen molar-refractivity contribution in [3.05, 3.63) is 58.4 Å². The van der Waals surface area contributed by atoms with E-state index in [2.05, 4.69) is 4.98 Å². The van der Waals surface area contributed by atoms with Crippen molar-refractivity contribution in [1.82, 2.24) is 4.98 Å². The Kier molecular flexibility index (Phi) is 3.84. The van der Waals surface area contributed by atoms with Gasteiger partial charge in [-0.25, -0.2) is 0 Å². The number of rotatable bonds is 3. The largest absolute Gasteiger partial charge is 0.497 e. The average molecular weight is 264 g/mol. The first-order chi connectivity index (χ1) is 8.61. The van der Waals surface area contributed by atoms with E-state index in [1.165, 1.54) is 6.20 Å². The highest BCUT2D eigenvalue weighted by Crippen LogP contribution is 2.26. The Morgan fingerprint density at radius 3 is 2.61 bits per heavy atom. The predicted molar refractivity (Wildman–Crippen MR) is 71.0 cm³/mol. The second-order valence-corrected chi connectivity index (χ2v) is 4.46. The van der Waals surface area contributed by atoms with Crippen LogP contribution in [0.25, 0.3) is 0 Å². The van der Waals surface area contributed by atoms with E-state index < -0.39 is 6.10 Å². The number of hydrogen-bond acceptors (Lipinski definition) is 3. The van der Waals surface area contributed by atoms with Gasteiger partial charge in [0.15, 0.2) is 0 Å². The fourth-order valence-electron chi connectivity index (χ4n) is 1.79. The molecule has 0 aliphatic rings. The molecule has 0 saturated carbocycles. The molecule has 2 rings (SSSR count). The highest BCUT2D eigenvalue weighted by molar-refractivity contribution is 6.30. The summed E-state index contributed by atoms with van der Waals surface area (Å²) in [5.41, 5.74) is 2.34. The summed E-state index contributed by atoms with van der Waals surface area (Å²) in [6, 6.07) is 8.98. The number of pyridine rings is 1. The van der Waals surface area contributed by atoms with Crippen LogP contribution < -0.4 is 4.74 Å². The Labute approximate surface area is 111 Å². The molecule has 1 aromatic carbocycles. The SMILES string of the molecule is COc1ccc(C(O)c2ccc(Cl)cn2)c(C)c1. The van der Waals surface area contributed by atoms with Crippen LogP contribution in [0.4, 0.5) is 0 Å². The van der Waals surface area contributed by atoms with Crippen LogP contribution in [0, 0.1) is 6.92 Å². The standard InChI is InChI=1S/C14H14ClNO2/c1-9-7-11(18-2)4-5-12(9)14(17)13-6-3-10(15)8-16-13/h3-8,14,17H,1-2H3. The molecule has 1 unspecified atom stereocenters. The monoisotopic (exact) mass is 263 g/mol. The van der Waals surface area contributed by atoms with Crippen LogP contribution in [0.2, 0.25) is 5.02 Å². The van der Waals surface area contributed by atoms with E-state index in [4.69, 9.17) is 16.3 Å². The van der Waals surface area contributed by atoms with Gasteiger partial charge in [0.25, 0.3) is 0 Å². The quantitative estimate of drug-likeness (QED) is 0.925. The summed E-state index contributed by atoms with van der Waals surface area (Å²) in [6.45, 7) is 1.93. The zero-order chi connectivity index (χ0) is 13.1. The molecule has 0 bridgehead atoms. The number of benzene rings is 1. The molecular formula is C14H14ClNO2. The molecule has 4 heteroatoms. The smallest absolute Gasteiger partial charge is 0.121 e. The number of aryl methyl sites for hydroxylation is 1. The Balaban J connectivity index is 2.33. The number of aliphatic hydroxyl groups excluding tert-OH is 1. The van der Waals surface area contributed by atoms with Gasteiger partial charge in [-0.3, -0.25) is 4.98 Å². The van der Waals surface area contributed by atoms with Crippen molar-refractivity contribution in [1.29, 1.82) is 0 Å². The van der Waals surface area contributed by atoms with Gasteiger partial charge in [0.2, 0.25) is 0 Å². The summed E-state index contributed by atoms with van der Waals surface area (Å²) in [5, 5.41) is 10.8. The molecule has 1 heterocycles. The van der Waals surface area contributed by atoms with E-state index in [9.17, 15) is 5.11 Å². The molecule has 0 spiro atoms. The molecule has 0 aliphatic heterocycles. The molecule has 0 amide bonds. The maximum atomic E-state index is 10.3. The summed E-state index contributed by atoms with van der Waals surface area (Å²) in [6.07, 6.45) is 0.770. The van der Waals surface area contributed by atoms with E-state index in [-0.39, 0.29) is 0 Å². The van der Waals surface area contributed by atoms with E-state index >= 15 is 0 Å². The molecule has 0 radical (unpaired) electrons. The fraction of sp³-hybridized carbons (Fsp3) is 0.214. The Morgan fingerprint density at radius 1 is 1.28 bits per heavy atom. The fourth-order valence-corrected chi connectivity index (χ4v) is 1.90. The molecule has 18 heavy (non-hydrogen) atoms. The van der Waals surface area contributed by atoms with Crippen molar-refractivity contribution in [3.8, 4) is 5.75 Å². The van der Waals surface area contributed by atoms with Gasteiger partial charge in [-0.2, -0.15) is 0 Å². The Morgan fingerprint density at radius 2 is 2.06 bits per heavy atom. The Bertz CT molecular complexity index is 540. The van der Waals surface area contributed by atoms with Gasteiger partial charge in [-0.15, -0.1) is 0 Å². The van der Waals surface area contributed by atoms with Gasteiger partial charge >= 0.3 is 0 Å². The van der Waals surface area contributed by atoms with Crippen LogP contribution in [-0.2, 0) is 0 Å². The Hall–Kier alpha value is -1.58. The first kappa shape index (κ1) is 12.9. The lowest BCUT2D eigenvalue weighted by molar-refractivity contribution is 0.214. The predicted octanol–water partition coefficient (Wildman–Crippen LogP) is 3.13. The number of halogens is 1. The summed E-state index contributed by atoms with van der Waals surface area (Å²) in [4.78, 5) is 4.13. The molecule has 1 aromatic heterocycles. The van der Waals surface area contributed by atoms with Crippen molar-refractivity contribution < 1.29 is 9.84 Å². The first-order valence-electron chi connectivity index (χ1n) is 5.56. The lowest BCUT2D eigenvalue weighted by Crippen LogP contribution is -2.04. The van der Waals surface area contributed by atoms with Crippen LogP contribution in [-0.4, -0.2) is 17.2 Å². The lowest BCUT2D eigenvalue weighted by Gasteiger charge is -2.14. The average Bonchev–Trinajstić information content (AvgIpc) is 2.38. The van der Waals surface area contributed by atoms with Gasteiger partial charge in [0.05, 0.1) is 17.8 Å². The number of hydrogen-bond donors (Lipinski definition) is 1. The van der Waals surface area contributed by atoms with Gasteiger partial charge in [-0.05, 0) is 42.3 Å². The molecule has 1 atom stereocenters. The molecule has 94 valence electrons. The van der Waals surface area contributed by atoms with Crippen molar-refractivity contribution in [2.24, 2.45) is 0 Å². The van der Waals surface area contributed by atoms with Gasteiger partial charge in [-0.1, -0.05) is 17.7 Å². The number of aliphatic hydroxyl groups is 1. The third kappa shape index (κ3) is 2.63. The van der Waals surface area contributed by atoms with Crippen LogP contribution in [0.15, 0.2) is 36.5 Å². The second-order valence-electron chi connectivity index (χ2n) is 4.03. The van der Waals surface area contributed by atoms with Gasteiger partial charge < -0.3 is 9.84 Å². The molecule has 2 aromatic rings. The van der Waals surface area contributed by atoms with E-state index in [1.54, 1.807) is 19.2 Å². The minimum Gasteiger partial charge on any atom is -0.497 e. The summed E-state index contributed by atoms with van der Waals surface area (Å²) in [7, 11) is 1.62. The minimum atomic E-state index is -0.756. The van der Waals surface area contributed by atoms with Crippen LogP contribution >= 0.6 is 11.6 Å². The summed E-state index contributed by atoms with van der Waals surface area (Å²) in [5.74, 6) is 0.771. The van der Waals surface area contributed by atoms with Crippen LogP contribution in [0.1, 0.15) is 22.9 Å². The van der Waals surface area contributed by atoms with Crippen molar-refractivity contribution in [2.75, 3.05) is 7.11 Å². The van der Waals surface area contributed by atoms with Gasteiger partial charge in [0, 0.05) is 6.20 Å². The molecule has 1 N–H and O–H groups in total. The first-order valence-corrected chi connectivity index (χ1v) is 5.93. The molecule has 0 saturated heterocycles. The number of nitrogens with zero attached hydrogens (tertiary/aromatic N) is 1. The molecule has 0 fully saturated rings. The highest BCUT2D eigenvalue weighted by atomic mass is 35.5. The number of ether oxygens (including phenoxy) is 1. The molecule has 0 aliphatic carbocycles. The topological polar surface area (TPSA) is 42.4 Å². The zero-order valence-electron chi connectivity index (χ0n) is 10.2. The second kappa shape index (κ2) is 5.38. The maximum Gasteiger partial charge on any atom is 0.121 e. The van der Waals surface area contributed by atoms with Crippen molar-refractivity contribution >= 4 is 11.6 Å². The van der Waals surface area contributed by atoms with Crippen LogP contribution in [0.5, 0.6) is 5.75 Å². The van der Waals surface area contributed by atoms with E-state index in [1.807, 2.05) is 25.1 Å². The van der Waals surface area contributed by atoms with Crippen molar-refractivity contribution in [3.63, 3.8) is 0 Å². The zero-order valence-corrected chi connectivity index (χ0v) is 11.0. The number of aromatic nitrogens is 1. The van der Waals surface area contributed by atoms with Crippen molar-refractivity contribution in [2.45, 2.75) is 13.0 Å². The third-order valence-electron chi connectivity index (χ3n) is 2.80. The summed E-state index contributed by atoms with van der Waals surface area (Å²) >= 11 is 5.77. The number of methoxy groups -OCH3 is 1. The molecular weight excluding hydrogens is 250 g/mol. The van der Waals surface area contributed by atoms with E-state index in [0.29, 0.717) is 10.7 Å². The maximum absolute atomic E-state index is 10.3.